The molecule has 4 heteroatoms. The van der Waals surface area contributed by atoms with Crippen LogP contribution in [0.3, 0.4) is 0 Å². The third-order valence-corrected chi connectivity index (χ3v) is 4.21. The van der Waals surface area contributed by atoms with Crippen molar-refractivity contribution in [3.63, 3.8) is 0 Å². The van der Waals surface area contributed by atoms with Gasteiger partial charge in [0.25, 0.3) is 0 Å². The van der Waals surface area contributed by atoms with Crippen molar-refractivity contribution in [3.05, 3.63) is 0 Å². The summed E-state index contributed by atoms with van der Waals surface area (Å²) < 4.78 is 0. The van der Waals surface area contributed by atoms with Crippen LogP contribution in [-0.4, -0.2) is 85.3 Å². The molecule has 0 radical (unpaired) electrons. The first-order chi connectivity index (χ1) is 12.3. The van der Waals surface area contributed by atoms with E-state index in [9.17, 15) is 5.11 Å². The molecule has 0 aromatic heterocycles. The number of β-amino-alcohol motifs (C(OH)–C–C–N with tert-alkyl or cyclic N) is 1. The lowest BCUT2D eigenvalue weighted by atomic mass is 10.00. The minimum absolute atomic E-state index is 0.546. The smallest absolute Gasteiger partial charge is 0.0718 e. The molecule has 0 aromatic carbocycles. The van der Waals surface area contributed by atoms with Crippen LogP contribution in [0.5, 0.6) is 0 Å². The van der Waals surface area contributed by atoms with Crippen molar-refractivity contribution >= 4 is 0 Å². The van der Waals surface area contributed by atoms with Crippen molar-refractivity contribution in [2.75, 3.05) is 59.9 Å². The van der Waals surface area contributed by atoms with E-state index in [1.165, 1.54) is 25.9 Å². The summed E-state index contributed by atoms with van der Waals surface area (Å²) in [5, 5.41) is 9.58. The molecule has 0 amide bonds. The summed E-state index contributed by atoms with van der Waals surface area (Å²) >= 11 is 0. The molecule has 2 saturated heterocycles. The Hall–Kier alpha value is -0.160. The second-order valence-corrected chi connectivity index (χ2v) is 7.38. The monoisotopic (exact) mass is 375 g/mol. The lowest BCUT2D eigenvalue weighted by Crippen LogP contribution is -2.49. The average Bonchev–Trinajstić information content (AvgIpc) is 2.64. The van der Waals surface area contributed by atoms with Crippen LogP contribution in [-0.2, 0) is 0 Å². The van der Waals surface area contributed by atoms with Gasteiger partial charge in [0.2, 0.25) is 0 Å². The minimum atomic E-state index is -0.546. The summed E-state index contributed by atoms with van der Waals surface area (Å²) in [6, 6.07) is 0. The highest BCUT2D eigenvalue weighted by molar-refractivity contribution is 4.76. The van der Waals surface area contributed by atoms with Gasteiger partial charge in [-0.1, -0.05) is 48.5 Å². The predicted octanol–water partition coefficient (Wildman–Crippen LogP) is 4.43. The Kier molecular flexibility index (Phi) is 23.0. The first-order valence-corrected chi connectivity index (χ1v) is 11.1. The molecule has 2 heterocycles. The Morgan fingerprint density at radius 2 is 1.08 bits per heavy atom. The van der Waals surface area contributed by atoms with Gasteiger partial charge in [-0.3, -0.25) is 4.90 Å². The largest absolute Gasteiger partial charge is 0.389 e. The molecule has 2 rings (SSSR count). The number of nitrogens with zero attached hydrogens (tertiary/aromatic N) is 3. The third kappa shape index (κ3) is 20.2. The first-order valence-electron chi connectivity index (χ1n) is 11.1. The quantitative estimate of drug-likeness (QED) is 0.773. The lowest BCUT2D eigenvalue weighted by Gasteiger charge is -2.35. The van der Waals surface area contributed by atoms with Crippen molar-refractivity contribution in [3.8, 4) is 0 Å². The molecule has 2 aliphatic rings. The molecule has 1 N–H and O–H groups in total. The van der Waals surface area contributed by atoms with Crippen LogP contribution >= 0.6 is 0 Å². The van der Waals surface area contributed by atoms with Gasteiger partial charge in [0.05, 0.1) is 5.60 Å². The second-order valence-electron chi connectivity index (χ2n) is 7.38. The van der Waals surface area contributed by atoms with Crippen LogP contribution in [0.1, 0.15) is 75.2 Å². The van der Waals surface area contributed by atoms with E-state index in [2.05, 4.69) is 35.7 Å². The number of hydrogen-bond acceptors (Lipinski definition) is 4. The molecular weight excluding hydrogens is 322 g/mol. The predicted molar refractivity (Wildman–Crippen MR) is 120 cm³/mol. The molecule has 162 valence electrons. The van der Waals surface area contributed by atoms with E-state index in [4.69, 9.17) is 0 Å². The van der Waals surface area contributed by atoms with Gasteiger partial charge in [-0.05, 0) is 59.8 Å². The maximum absolute atomic E-state index is 9.58. The van der Waals surface area contributed by atoms with Crippen LogP contribution in [0.25, 0.3) is 0 Å². The molecule has 2 aliphatic heterocycles. The number of piperazine rings is 1. The summed E-state index contributed by atoms with van der Waals surface area (Å²) in [5.41, 5.74) is -0.546. The normalized spacial score (nSPS) is 19.4. The number of aliphatic hydroxyl groups is 1. The van der Waals surface area contributed by atoms with Gasteiger partial charge in [0, 0.05) is 32.7 Å². The van der Waals surface area contributed by atoms with E-state index in [1.807, 2.05) is 55.4 Å². The summed E-state index contributed by atoms with van der Waals surface area (Å²) in [4.78, 5) is 7.04. The fraction of sp³-hybridized carbons (Fsp3) is 1.00. The van der Waals surface area contributed by atoms with Gasteiger partial charge in [-0.15, -0.1) is 0 Å². The van der Waals surface area contributed by atoms with Crippen molar-refractivity contribution < 1.29 is 5.11 Å². The van der Waals surface area contributed by atoms with Gasteiger partial charge >= 0.3 is 0 Å². The Morgan fingerprint density at radius 3 is 1.38 bits per heavy atom. The van der Waals surface area contributed by atoms with E-state index in [0.717, 1.165) is 38.6 Å². The van der Waals surface area contributed by atoms with Gasteiger partial charge < -0.3 is 14.9 Å². The fourth-order valence-electron chi connectivity index (χ4n) is 2.69. The molecule has 0 spiro atoms. The number of rotatable bonds is 2. The Morgan fingerprint density at radius 1 is 0.731 bits per heavy atom. The molecule has 0 unspecified atom stereocenters. The first kappa shape index (κ1) is 30.6. The van der Waals surface area contributed by atoms with Gasteiger partial charge in [-0.25, -0.2) is 0 Å². The zero-order chi connectivity index (χ0) is 21.2. The van der Waals surface area contributed by atoms with E-state index in [1.54, 1.807) is 0 Å². The fourth-order valence-corrected chi connectivity index (χ4v) is 2.69. The molecule has 0 bridgehead atoms. The molecule has 0 atom stereocenters. The van der Waals surface area contributed by atoms with E-state index < -0.39 is 5.60 Å². The number of piperidine rings is 1. The zero-order valence-electron chi connectivity index (χ0n) is 20.2. The van der Waals surface area contributed by atoms with Gasteiger partial charge in [0.1, 0.15) is 0 Å². The zero-order valence-corrected chi connectivity index (χ0v) is 20.2. The maximum Gasteiger partial charge on any atom is 0.0718 e. The lowest BCUT2D eigenvalue weighted by molar-refractivity contribution is 0.0210. The Bertz CT molecular complexity index is 241. The molecule has 0 aromatic rings. The van der Waals surface area contributed by atoms with Crippen LogP contribution in [0.2, 0.25) is 0 Å². The van der Waals surface area contributed by atoms with Gasteiger partial charge in [-0.2, -0.15) is 0 Å². The SMILES string of the molecule is CC.CC.CC.CC1CCN(C)CC1.CN1CCN(CC(C)(C)O)CC1. The van der Waals surface area contributed by atoms with Crippen molar-refractivity contribution in [2.24, 2.45) is 5.92 Å². The molecule has 2 fully saturated rings. The number of likely N-dealkylation sites (N-methyl/N-ethyl adjacent to an activating group) is 1. The molecule has 4 nitrogen and oxygen atoms in total. The highest BCUT2D eigenvalue weighted by Crippen LogP contribution is 2.13. The van der Waals surface area contributed by atoms with Crippen molar-refractivity contribution in [2.45, 2.75) is 80.8 Å². The maximum atomic E-state index is 9.58. The van der Waals surface area contributed by atoms with E-state index in [-0.39, 0.29) is 0 Å². The van der Waals surface area contributed by atoms with Crippen LogP contribution in [0.4, 0.5) is 0 Å². The molecule has 26 heavy (non-hydrogen) atoms. The summed E-state index contributed by atoms with van der Waals surface area (Å²) in [6.07, 6.45) is 2.80. The number of likely N-dealkylation sites (tertiary alicyclic amines) is 1. The van der Waals surface area contributed by atoms with Crippen LogP contribution in [0, 0.1) is 5.92 Å². The average molecular weight is 376 g/mol. The number of hydrogen-bond donors (Lipinski definition) is 1. The Labute approximate surface area is 166 Å². The highest BCUT2D eigenvalue weighted by atomic mass is 16.3. The summed E-state index contributed by atoms with van der Waals surface area (Å²) in [7, 11) is 4.34. The van der Waals surface area contributed by atoms with Crippen molar-refractivity contribution in [1.29, 1.82) is 0 Å². The second kappa shape index (κ2) is 19.6. The van der Waals surface area contributed by atoms with Crippen LogP contribution < -0.4 is 0 Å². The summed E-state index contributed by atoms with van der Waals surface area (Å²) in [6.45, 7) is 25.9. The van der Waals surface area contributed by atoms with Crippen molar-refractivity contribution in [1.82, 2.24) is 14.7 Å². The summed E-state index contributed by atoms with van der Waals surface area (Å²) in [5.74, 6) is 0.978. The van der Waals surface area contributed by atoms with Crippen LogP contribution in [0.15, 0.2) is 0 Å². The van der Waals surface area contributed by atoms with E-state index in [0.29, 0.717) is 0 Å². The molecule has 0 saturated carbocycles. The topological polar surface area (TPSA) is 30.0 Å². The van der Waals surface area contributed by atoms with Gasteiger partial charge in [0.15, 0.2) is 0 Å². The molecule has 0 aliphatic carbocycles. The molecular formula is C22H53N3O. The highest BCUT2D eigenvalue weighted by Gasteiger charge is 2.20. The third-order valence-electron chi connectivity index (χ3n) is 4.21. The minimum Gasteiger partial charge on any atom is -0.389 e. The van der Waals surface area contributed by atoms with E-state index >= 15 is 0 Å². The Balaban J connectivity index is -0.000000328. The standard InChI is InChI=1S/C9H20N2O.C7H15N.3C2H6/c1-9(2,12)8-11-6-4-10(3)5-7-11;1-7-3-5-8(2)6-4-7;3*1-2/h12H,4-8H2,1-3H3;7H,3-6H2,1-2H3;3*1-2H3.